The second kappa shape index (κ2) is 11.7. The third kappa shape index (κ3) is 5.54. The number of rotatable bonds is 8. The van der Waals surface area contributed by atoms with Crippen molar-refractivity contribution in [3.8, 4) is 11.8 Å². The van der Waals surface area contributed by atoms with Crippen LogP contribution in [0.25, 0.3) is 0 Å². The van der Waals surface area contributed by atoms with Crippen molar-refractivity contribution in [2.45, 2.75) is 50.1 Å². The van der Waals surface area contributed by atoms with Crippen LogP contribution in [0.1, 0.15) is 42.9 Å². The molecule has 1 aliphatic rings. The van der Waals surface area contributed by atoms with Gasteiger partial charge in [0.05, 0.1) is 25.3 Å². The summed E-state index contributed by atoms with van der Waals surface area (Å²) in [6, 6.07) is 16.5. The van der Waals surface area contributed by atoms with Crippen molar-refractivity contribution >= 4 is 29.2 Å². The van der Waals surface area contributed by atoms with Gasteiger partial charge in [0.15, 0.2) is 0 Å². The normalized spacial score (nSPS) is 22.5. The van der Waals surface area contributed by atoms with E-state index in [1.165, 1.54) is 37.4 Å². The standard InChI is InChI=1S/C31H30Cl2F2N2O3/c1-30(2,15-18-8-11-20(39-3)12-9-18)16-25-31(17-36,22-13-10-19(32)14-24(22)34)26(28(37-25)29(38)40-4)21-6-5-7-23(33)27(21)35/h5-14,25-26,28,37H,15-16H2,1-4H3/t25-,26-,28+,31-/m0/s1. The molecule has 5 nitrogen and oxygen atoms in total. The molecular formula is C31H30Cl2F2N2O3. The van der Waals surface area contributed by atoms with Gasteiger partial charge in [0.25, 0.3) is 0 Å². The molecule has 3 aromatic rings. The number of benzene rings is 3. The molecule has 3 aromatic carbocycles. The Morgan fingerprint density at radius 1 is 1.10 bits per heavy atom. The van der Waals surface area contributed by atoms with Crippen molar-refractivity contribution in [1.82, 2.24) is 5.32 Å². The highest BCUT2D eigenvalue weighted by molar-refractivity contribution is 6.31. The summed E-state index contributed by atoms with van der Waals surface area (Å²) in [6.07, 6.45) is 0.944. The zero-order chi connectivity index (χ0) is 29.2. The first kappa shape index (κ1) is 29.8. The topological polar surface area (TPSA) is 71.3 Å². The number of methoxy groups -OCH3 is 2. The minimum Gasteiger partial charge on any atom is -0.497 e. The zero-order valence-electron chi connectivity index (χ0n) is 22.6. The predicted molar refractivity (Wildman–Crippen MR) is 151 cm³/mol. The molecule has 1 fully saturated rings. The molecular weight excluding hydrogens is 557 g/mol. The fraction of sp³-hybridized carbons (Fsp3) is 0.355. The molecule has 40 heavy (non-hydrogen) atoms. The number of nitrogens with zero attached hydrogens (tertiary/aromatic N) is 1. The van der Waals surface area contributed by atoms with E-state index in [1.807, 2.05) is 38.1 Å². The van der Waals surface area contributed by atoms with E-state index in [0.29, 0.717) is 12.8 Å². The number of ether oxygens (including phenoxy) is 2. The fourth-order valence-electron chi connectivity index (χ4n) is 5.97. The third-order valence-corrected chi connectivity index (χ3v) is 8.21. The monoisotopic (exact) mass is 586 g/mol. The van der Waals surface area contributed by atoms with Crippen LogP contribution in [-0.4, -0.2) is 32.3 Å². The van der Waals surface area contributed by atoms with E-state index < -0.39 is 46.4 Å². The Morgan fingerprint density at radius 3 is 2.40 bits per heavy atom. The SMILES string of the molecule is COC(=O)[C@@H]1N[C@@H](CC(C)(C)Cc2ccc(OC)cc2)[C@](C#N)(c2ccc(Cl)cc2F)[C@H]1c1cccc(Cl)c1F. The number of nitrogens with one attached hydrogen (secondary N) is 1. The number of nitriles is 1. The highest BCUT2D eigenvalue weighted by Crippen LogP contribution is 2.53. The van der Waals surface area contributed by atoms with Gasteiger partial charge in [-0.05, 0) is 59.7 Å². The Bertz CT molecular complexity index is 1440. The Labute approximate surface area is 243 Å². The average Bonchev–Trinajstić information content (AvgIpc) is 3.23. The minimum absolute atomic E-state index is 0.00734. The molecule has 0 saturated carbocycles. The van der Waals surface area contributed by atoms with Crippen molar-refractivity contribution < 1.29 is 23.0 Å². The van der Waals surface area contributed by atoms with Crippen LogP contribution in [0, 0.1) is 28.4 Å². The van der Waals surface area contributed by atoms with Gasteiger partial charge in [-0.25, -0.2) is 8.78 Å². The van der Waals surface area contributed by atoms with Gasteiger partial charge in [0.2, 0.25) is 0 Å². The first-order valence-corrected chi connectivity index (χ1v) is 13.5. The molecule has 0 radical (unpaired) electrons. The van der Waals surface area contributed by atoms with E-state index in [1.54, 1.807) is 7.11 Å². The number of carbonyl (C=O) groups is 1. The van der Waals surface area contributed by atoms with Crippen molar-refractivity contribution in [2.75, 3.05) is 14.2 Å². The molecule has 0 spiro atoms. The summed E-state index contributed by atoms with van der Waals surface area (Å²) in [5.74, 6) is -2.65. The third-order valence-electron chi connectivity index (χ3n) is 7.69. The smallest absolute Gasteiger partial charge is 0.323 e. The first-order chi connectivity index (χ1) is 19.0. The van der Waals surface area contributed by atoms with Crippen LogP contribution >= 0.6 is 23.2 Å². The lowest BCUT2D eigenvalue weighted by molar-refractivity contribution is -0.143. The van der Waals surface area contributed by atoms with Gasteiger partial charge in [0, 0.05) is 22.5 Å². The van der Waals surface area contributed by atoms with Gasteiger partial charge in [-0.3, -0.25) is 10.1 Å². The molecule has 9 heteroatoms. The molecule has 1 aliphatic heterocycles. The summed E-state index contributed by atoms with van der Waals surface area (Å²) in [4.78, 5) is 13.2. The van der Waals surface area contributed by atoms with Crippen molar-refractivity contribution in [3.05, 3.63) is 99.0 Å². The Hall–Kier alpha value is -3.18. The summed E-state index contributed by atoms with van der Waals surface area (Å²) < 4.78 is 41.7. The molecule has 4 rings (SSSR count). The first-order valence-electron chi connectivity index (χ1n) is 12.7. The Balaban J connectivity index is 1.89. The van der Waals surface area contributed by atoms with Crippen LogP contribution in [0.3, 0.4) is 0 Å². The summed E-state index contributed by atoms with van der Waals surface area (Å²) >= 11 is 12.2. The molecule has 0 unspecified atom stereocenters. The summed E-state index contributed by atoms with van der Waals surface area (Å²) in [7, 11) is 2.81. The quantitative estimate of drug-likeness (QED) is 0.288. The van der Waals surface area contributed by atoms with Gasteiger partial charge in [0.1, 0.15) is 28.8 Å². The second-order valence-electron chi connectivity index (χ2n) is 10.8. The molecule has 210 valence electrons. The van der Waals surface area contributed by atoms with Gasteiger partial charge in [-0.1, -0.05) is 67.4 Å². The van der Waals surface area contributed by atoms with Crippen molar-refractivity contribution in [1.29, 1.82) is 5.26 Å². The summed E-state index contributed by atoms with van der Waals surface area (Å²) in [6.45, 7) is 4.05. The predicted octanol–water partition coefficient (Wildman–Crippen LogP) is 7.00. The second-order valence-corrected chi connectivity index (χ2v) is 11.7. The van der Waals surface area contributed by atoms with Crippen LogP contribution in [0.5, 0.6) is 5.75 Å². The average molecular weight is 587 g/mol. The molecule has 1 saturated heterocycles. The van der Waals surface area contributed by atoms with E-state index >= 15 is 8.78 Å². The van der Waals surface area contributed by atoms with Crippen LogP contribution in [0.15, 0.2) is 60.7 Å². The summed E-state index contributed by atoms with van der Waals surface area (Å²) in [5.41, 5.74) is -1.11. The largest absolute Gasteiger partial charge is 0.497 e. The fourth-order valence-corrected chi connectivity index (χ4v) is 6.31. The number of esters is 1. The van der Waals surface area contributed by atoms with Gasteiger partial charge in [-0.15, -0.1) is 0 Å². The maximum Gasteiger partial charge on any atom is 0.323 e. The van der Waals surface area contributed by atoms with Crippen LogP contribution in [-0.2, 0) is 21.4 Å². The highest BCUT2D eigenvalue weighted by Gasteiger charge is 2.61. The molecule has 0 aliphatic carbocycles. The molecule has 0 bridgehead atoms. The molecule has 0 aromatic heterocycles. The van der Waals surface area contributed by atoms with E-state index in [2.05, 4.69) is 11.4 Å². The van der Waals surface area contributed by atoms with Crippen molar-refractivity contribution in [3.63, 3.8) is 0 Å². The van der Waals surface area contributed by atoms with Crippen LogP contribution < -0.4 is 10.1 Å². The van der Waals surface area contributed by atoms with E-state index in [4.69, 9.17) is 32.7 Å². The summed E-state index contributed by atoms with van der Waals surface area (Å²) in [5, 5.41) is 14.2. The van der Waals surface area contributed by atoms with Crippen molar-refractivity contribution in [2.24, 2.45) is 5.41 Å². The lowest BCUT2D eigenvalue weighted by Crippen LogP contribution is -2.45. The number of hydrogen-bond acceptors (Lipinski definition) is 5. The Kier molecular flexibility index (Phi) is 8.75. The molecule has 4 atom stereocenters. The lowest BCUT2D eigenvalue weighted by Gasteiger charge is -2.38. The minimum atomic E-state index is -1.73. The maximum absolute atomic E-state index is 15.7. The highest BCUT2D eigenvalue weighted by atomic mass is 35.5. The lowest BCUT2D eigenvalue weighted by atomic mass is 9.62. The molecule has 1 N–H and O–H groups in total. The van der Waals surface area contributed by atoms with Crippen LogP contribution in [0.2, 0.25) is 10.0 Å². The maximum atomic E-state index is 15.7. The van der Waals surface area contributed by atoms with E-state index in [-0.39, 0.29) is 21.2 Å². The van der Waals surface area contributed by atoms with E-state index in [9.17, 15) is 10.1 Å². The molecule has 0 amide bonds. The molecule has 1 heterocycles. The van der Waals surface area contributed by atoms with Gasteiger partial charge >= 0.3 is 5.97 Å². The van der Waals surface area contributed by atoms with Gasteiger partial charge < -0.3 is 9.47 Å². The number of hydrogen-bond donors (Lipinski definition) is 1. The van der Waals surface area contributed by atoms with Gasteiger partial charge in [-0.2, -0.15) is 5.26 Å². The number of carbonyl (C=O) groups excluding carboxylic acids is 1. The zero-order valence-corrected chi connectivity index (χ0v) is 24.1. The van der Waals surface area contributed by atoms with Crippen LogP contribution in [0.4, 0.5) is 8.78 Å². The Morgan fingerprint density at radius 2 is 1.80 bits per heavy atom. The van der Waals surface area contributed by atoms with E-state index in [0.717, 1.165) is 17.4 Å². The number of halogens is 4.